The Labute approximate surface area is 178 Å². The van der Waals surface area contributed by atoms with E-state index in [0.29, 0.717) is 23.1 Å². The van der Waals surface area contributed by atoms with Crippen molar-refractivity contribution in [2.75, 3.05) is 11.1 Å². The largest absolute Gasteiger partial charge is 0.507 e. The SMILES string of the molecule is CCn1c(SCC(=O)Nc2ccccc2C(F)F)nnc1-c1cc(Br)ccc1O. The molecule has 1 aromatic heterocycles. The quantitative estimate of drug-likeness (QED) is 0.457. The van der Waals surface area contributed by atoms with Crippen LogP contribution in [0.15, 0.2) is 52.1 Å². The summed E-state index contributed by atoms with van der Waals surface area (Å²) in [4.78, 5) is 12.3. The summed E-state index contributed by atoms with van der Waals surface area (Å²) in [6.45, 7) is 2.41. The van der Waals surface area contributed by atoms with Crippen molar-refractivity contribution in [2.45, 2.75) is 25.1 Å². The summed E-state index contributed by atoms with van der Waals surface area (Å²) in [5, 5.41) is 21.4. The van der Waals surface area contributed by atoms with Gasteiger partial charge in [0, 0.05) is 22.3 Å². The van der Waals surface area contributed by atoms with Crippen LogP contribution in [0.5, 0.6) is 5.75 Å². The molecule has 29 heavy (non-hydrogen) atoms. The molecule has 0 fully saturated rings. The Bertz CT molecular complexity index is 1030. The minimum atomic E-state index is -2.68. The highest BCUT2D eigenvalue weighted by molar-refractivity contribution is 9.10. The number of nitrogens with zero attached hydrogens (tertiary/aromatic N) is 3. The van der Waals surface area contributed by atoms with Gasteiger partial charge < -0.3 is 15.0 Å². The molecule has 0 saturated heterocycles. The summed E-state index contributed by atoms with van der Waals surface area (Å²) < 4.78 is 28.7. The molecule has 10 heteroatoms. The van der Waals surface area contributed by atoms with Crippen LogP contribution >= 0.6 is 27.7 Å². The summed E-state index contributed by atoms with van der Waals surface area (Å²) in [5.74, 6) is 0.0752. The van der Waals surface area contributed by atoms with Crippen molar-refractivity contribution in [2.24, 2.45) is 0 Å². The third-order valence-electron chi connectivity index (χ3n) is 4.03. The maximum absolute atomic E-state index is 13.1. The molecule has 0 unspecified atom stereocenters. The van der Waals surface area contributed by atoms with Gasteiger partial charge in [-0.05, 0) is 31.2 Å². The number of alkyl halides is 2. The van der Waals surface area contributed by atoms with Crippen molar-refractivity contribution in [3.63, 3.8) is 0 Å². The lowest BCUT2D eigenvalue weighted by Crippen LogP contribution is -2.16. The molecule has 2 N–H and O–H groups in total. The van der Waals surface area contributed by atoms with Gasteiger partial charge in [-0.3, -0.25) is 4.79 Å². The number of thioether (sulfide) groups is 1. The summed E-state index contributed by atoms with van der Waals surface area (Å²) in [5.41, 5.74) is 0.371. The predicted molar refractivity (Wildman–Crippen MR) is 111 cm³/mol. The first-order valence-electron chi connectivity index (χ1n) is 8.62. The smallest absolute Gasteiger partial charge is 0.265 e. The lowest BCUT2D eigenvalue weighted by atomic mass is 10.2. The molecule has 0 atom stereocenters. The van der Waals surface area contributed by atoms with Crippen LogP contribution in [-0.2, 0) is 11.3 Å². The molecule has 0 spiro atoms. The van der Waals surface area contributed by atoms with Crippen molar-refractivity contribution in [1.29, 1.82) is 0 Å². The van der Waals surface area contributed by atoms with Gasteiger partial charge in [-0.15, -0.1) is 10.2 Å². The van der Waals surface area contributed by atoms with E-state index in [1.165, 1.54) is 18.2 Å². The fraction of sp³-hybridized carbons (Fsp3) is 0.211. The summed E-state index contributed by atoms with van der Waals surface area (Å²) >= 11 is 4.50. The first-order valence-corrected chi connectivity index (χ1v) is 10.4. The summed E-state index contributed by atoms with van der Waals surface area (Å²) in [6, 6.07) is 10.8. The number of phenols is 1. The highest BCUT2D eigenvalue weighted by atomic mass is 79.9. The third kappa shape index (κ3) is 4.94. The van der Waals surface area contributed by atoms with Gasteiger partial charge in [-0.1, -0.05) is 45.9 Å². The maximum Gasteiger partial charge on any atom is 0.265 e. The van der Waals surface area contributed by atoms with Gasteiger partial charge in [0.25, 0.3) is 6.43 Å². The molecule has 3 aromatic rings. The van der Waals surface area contributed by atoms with E-state index in [9.17, 15) is 18.7 Å². The Balaban J connectivity index is 1.74. The molecule has 0 aliphatic heterocycles. The highest BCUT2D eigenvalue weighted by Gasteiger charge is 2.18. The number of halogens is 3. The van der Waals surface area contributed by atoms with E-state index < -0.39 is 12.3 Å². The zero-order valence-electron chi connectivity index (χ0n) is 15.3. The van der Waals surface area contributed by atoms with Gasteiger partial charge in [0.1, 0.15) is 5.75 Å². The van der Waals surface area contributed by atoms with Crippen molar-refractivity contribution >= 4 is 39.3 Å². The van der Waals surface area contributed by atoms with Crippen LogP contribution in [0.25, 0.3) is 11.4 Å². The lowest BCUT2D eigenvalue weighted by Gasteiger charge is -2.11. The number of aromatic hydroxyl groups is 1. The molecular weight excluding hydrogens is 466 g/mol. The number of amides is 1. The Morgan fingerprint density at radius 1 is 1.28 bits per heavy atom. The molecule has 1 amide bonds. The molecule has 0 aliphatic rings. The van der Waals surface area contributed by atoms with Crippen LogP contribution in [0, 0.1) is 0 Å². The van der Waals surface area contributed by atoms with Gasteiger partial charge in [0.2, 0.25) is 5.91 Å². The van der Waals surface area contributed by atoms with Crippen LogP contribution in [0.2, 0.25) is 0 Å². The minimum Gasteiger partial charge on any atom is -0.507 e. The van der Waals surface area contributed by atoms with Gasteiger partial charge in [0.05, 0.1) is 11.3 Å². The Morgan fingerprint density at radius 3 is 2.76 bits per heavy atom. The van der Waals surface area contributed by atoms with Crippen molar-refractivity contribution in [1.82, 2.24) is 14.8 Å². The predicted octanol–water partition coefficient (Wildman–Crippen LogP) is 5.10. The van der Waals surface area contributed by atoms with E-state index in [1.807, 2.05) is 6.92 Å². The average Bonchev–Trinajstić information content (AvgIpc) is 3.11. The van der Waals surface area contributed by atoms with Crippen LogP contribution in [0.3, 0.4) is 0 Å². The van der Waals surface area contributed by atoms with E-state index in [1.54, 1.807) is 28.8 Å². The highest BCUT2D eigenvalue weighted by Crippen LogP contribution is 2.33. The normalized spacial score (nSPS) is 11.1. The second-order valence-corrected chi connectivity index (χ2v) is 7.79. The summed E-state index contributed by atoms with van der Waals surface area (Å²) in [6.07, 6.45) is -2.68. The first kappa shape index (κ1) is 21.3. The van der Waals surface area contributed by atoms with Crippen molar-refractivity contribution in [3.8, 4) is 17.1 Å². The standard InChI is InChI=1S/C19H17BrF2N4O2S/c1-2-26-18(13-9-11(20)7-8-15(13)27)24-25-19(26)29-10-16(28)23-14-6-4-3-5-12(14)17(21)22/h3-9,17,27H,2,10H2,1H3,(H,23,28). The average molecular weight is 483 g/mol. The fourth-order valence-corrected chi connectivity index (χ4v) is 3.85. The number of benzene rings is 2. The topological polar surface area (TPSA) is 80.0 Å². The first-order chi connectivity index (χ1) is 13.9. The number of hydrogen-bond acceptors (Lipinski definition) is 5. The zero-order chi connectivity index (χ0) is 21.0. The van der Waals surface area contributed by atoms with Crippen LogP contribution < -0.4 is 5.32 Å². The molecule has 0 bridgehead atoms. The monoisotopic (exact) mass is 482 g/mol. The number of nitrogens with one attached hydrogen (secondary N) is 1. The zero-order valence-corrected chi connectivity index (χ0v) is 17.7. The maximum atomic E-state index is 13.1. The van der Waals surface area contributed by atoms with E-state index in [4.69, 9.17) is 0 Å². The molecule has 0 radical (unpaired) electrons. The Kier molecular flexibility index (Phi) is 6.86. The van der Waals surface area contributed by atoms with Gasteiger partial charge >= 0.3 is 0 Å². The van der Waals surface area contributed by atoms with E-state index >= 15 is 0 Å². The number of aromatic nitrogens is 3. The number of para-hydroxylation sites is 1. The minimum absolute atomic E-state index is 0.0276. The molecule has 152 valence electrons. The summed E-state index contributed by atoms with van der Waals surface area (Å²) in [7, 11) is 0. The molecule has 1 heterocycles. The third-order valence-corrected chi connectivity index (χ3v) is 5.49. The van der Waals surface area contributed by atoms with Crippen LogP contribution in [0.1, 0.15) is 18.9 Å². The number of carbonyl (C=O) groups excluding carboxylic acids is 1. The number of carbonyl (C=O) groups is 1. The second-order valence-electron chi connectivity index (χ2n) is 5.94. The van der Waals surface area contributed by atoms with Gasteiger partial charge in [-0.25, -0.2) is 8.78 Å². The van der Waals surface area contributed by atoms with Crippen LogP contribution in [-0.4, -0.2) is 31.5 Å². The van der Waals surface area contributed by atoms with Crippen molar-refractivity contribution in [3.05, 3.63) is 52.5 Å². The van der Waals surface area contributed by atoms with Gasteiger partial charge in [-0.2, -0.15) is 0 Å². The Hall–Kier alpha value is -2.46. The van der Waals surface area contributed by atoms with Crippen LogP contribution in [0.4, 0.5) is 14.5 Å². The number of phenolic OH excluding ortho intramolecular Hbond substituents is 1. The number of rotatable bonds is 7. The molecule has 6 nitrogen and oxygen atoms in total. The Morgan fingerprint density at radius 2 is 2.03 bits per heavy atom. The molecule has 0 saturated carbocycles. The fourth-order valence-electron chi connectivity index (χ4n) is 2.68. The van der Waals surface area contributed by atoms with E-state index in [2.05, 4.69) is 31.4 Å². The van der Waals surface area contributed by atoms with Crippen molar-refractivity contribution < 1.29 is 18.7 Å². The molecule has 3 rings (SSSR count). The number of anilines is 1. The molecular formula is C19H17BrF2N4O2S. The lowest BCUT2D eigenvalue weighted by molar-refractivity contribution is -0.113. The second kappa shape index (κ2) is 9.36. The molecule has 2 aromatic carbocycles. The van der Waals surface area contributed by atoms with Gasteiger partial charge in [0.15, 0.2) is 11.0 Å². The van der Waals surface area contributed by atoms with E-state index in [-0.39, 0.29) is 22.8 Å². The number of hydrogen-bond donors (Lipinski definition) is 2. The molecule has 0 aliphatic carbocycles. The van der Waals surface area contributed by atoms with E-state index in [0.717, 1.165) is 16.2 Å².